The molecule has 0 bridgehead atoms. The van der Waals surface area contributed by atoms with Gasteiger partial charge in [-0.25, -0.2) is 0 Å². The summed E-state index contributed by atoms with van der Waals surface area (Å²) in [5.41, 5.74) is 1.19. The minimum atomic E-state index is 0.271. The lowest BCUT2D eigenvalue weighted by Crippen LogP contribution is -2.46. The van der Waals surface area contributed by atoms with E-state index in [0.29, 0.717) is 6.42 Å². The Kier molecular flexibility index (Phi) is 4.61. The number of anilines is 1. The maximum absolute atomic E-state index is 11.0. The van der Waals surface area contributed by atoms with Gasteiger partial charge in [-0.05, 0) is 25.1 Å². The fourth-order valence-electron chi connectivity index (χ4n) is 2.22. The van der Waals surface area contributed by atoms with Crippen LogP contribution in [0.2, 0.25) is 5.02 Å². The van der Waals surface area contributed by atoms with Crippen molar-refractivity contribution in [3.8, 4) is 0 Å². The smallest absolute Gasteiger partial charge is 0.131 e. The molecule has 0 radical (unpaired) electrons. The van der Waals surface area contributed by atoms with Crippen molar-refractivity contribution < 1.29 is 4.79 Å². The number of nitrogens with zero attached hydrogens (tertiary/aromatic N) is 2. The first-order valence-electron chi connectivity index (χ1n) is 6.37. The molecule has 4 heteroatoms. The van der Waals surface area contributed by atoms with Gasteiger partial charge < -0.3 is 4.90 Å². The summed E-state index contributed by atoms with van der Waals surface area (Å²) in [6, 6.07) is 7.98. The number of benzene rings is 1. The van der Waals surface area contributed by atoms with Crippen molar-refractivity contribution in [2.75, 3.05) is 37.6 Å². The van der Waals surface area contributed by atoms with Gasteiger partial charge in [-0.3, -0.25) is 9.69 Å². The van der Waals surface area contributed by atoms with E-state index >= 15 is 0 Å². The van der Waals surface area contributed by atoms with Crippen LogP contribution in [-0.2, 0) is 4.79 Å². The third kappa shape index (κ3) is 3.72. The van der Waals surface area contributed by atoms with E-state index in [1.807, 2.05) is 18.2 Å². The summed E-state index contributed by atoms with van der Waals surface area (Å²) in [5.74, 6) is 0.271. The number of halogens is 1. The third-order valence-electron chi connectivity index (χ3n) is 3.33. The lowest BCUT2D eigenvalue weighted by Gasteiger charge is -2.36. The predicted molar refractivity (Wildman–Crippen MR) is 75.4 cm³/mol. The molecule has 1 aliphatic rings. The molecule has 0 saturated carbocycles. The van der Waals surface area contributed by atoms with Crippen LogP contribution in [0, 0.1) is 0 Å². The number of carbonyl (C=O) groups is 1. The average Bonchev–Trinajstić information content (AvgIpc) is 2.37. The molecule has 1 heterocycles. The molecule has 1 aromatic rings. The first-order chi connectivity index (χ1) is 8.65. The maximum atomic E-state index is 11.0. The SMILES string of the molecule is CC(=O)CCN1CCN(c2cccc(Cl)c2)CC1. The molecule has 0 N–H and O–H groups in total. The molecule has 0 spiro atoms. The van der Waals surface area contributed by atoms with Crippen LogP contribution in [0.3, 0.4) is 0 Å². The highest BCUT2D eigenvalue weighted by Crippen LogP contribution is 2.20. The van der Waals surface area contributed by atoms with Gasteiger partial charge in [-0.1, -0.05) is 17.7 Å². The van der Waals surface area contributed by atoms with Gasteiger partial charge in [0.25, 0.3) is 0 Å². The van der Waals surface area contributed by atoms with Crippen LogP contribution in [0.5, 0.6) is 0 Å². The highest BCUT2D eigenvalue weighted by molar-refractivity contribution is 6.30. The molecule has 2 rings (SSSR count). The zero-order valence-corrected chi connectivity index (χ0v) is 11.5. The largest absolute Gasteiger partial charge is 0.369 e. The fourth-order valence-corrected chi connectivity index (χ4v) is 2.40. The summed E-state index contributed by atoms with van der Waals surface area (Å²) in [5, 5.41) is 0.784. The molecule has 0 amide bonds. The van der Waals surface area contributed by atoms with Crippen molar-refractivity contribution in [2.24, 2.45) is 0 Å². The number of hydrogen-bond donors (Lipinski definition) is 0. The number of piperazine rings is 1. The lowest BCUT2D eigenvalue weighted by molar-refractivity contribution is -0.117. The third-order valence-corrected chi connectivity index (χ3v) is 3.56. The van der Waals surface area contributed by atoms with Gasteiger partial charge >= 0.3 is 0 Å². The van der Waals surface area contributed by atoms with Crippen molar-refractivity contribution in [3.63, 3.8) is 0 Å². The van der Waals surface area contributed by atoms with Crippen LogP contribution < -0.4 is 4.90 Å². The number of hydrogen-bond acceptors (Lipinski definition) is 3. The molecular formula is C14H19ClN2O. The highest BCUT2D eigenvalue weighted by Gasteiger charge is 2.17. The van der Waals surface area contributed by atoms with Crippen LogP contribution in [-0.4, -0.2) is 43.4 Å². The summed E-state index contributed by atoms with van der Waals surface area (Å²) in [4.78, 5) is 15.7. The van der Waals surface area contributed by atoms with Crippen molar-refractivity contribution in [3.05, 3.63) is 29.3 Å². The Balaban J connectivity index is 1.85. The Morgan fingerprint density at radius 3 is 2.61 bits per heavy atom. The van der Waals surface area contributed by atoms with Gasteiger partial charge in [0.15, 0.2) is 0 Å². The van der Waals surface area contributed by atoms with Gasteiger partial charge in [0.2, 0.25) is 0 Å². The van der Waals surface area contributed by atoms with Crippen molar-refractivity contribution in [1.29, 1.82) is 0 Å². The minimum absolute atomic E-state index is 0.271. The molecule has 98 valence electrons. The standard InChI is InChI=1S/C14H19ClN2O/c1-12(18)5-6-16-7-9-17(10-8-16)14-4-2-3-13(15)11-14/h2-4,11H,5-10H2,1H3. The minimum Gasteiger partial charge on any atom is -0.369 e. The fraction of sp³-hybridized carbons (Fsp3) is 0.500. The van der Waals surface area contributed by atoms with E-state index in [1.54, 1.807) is 6.92 Å². The van der Waals surface area contributed by atoms with Crippen molar-refractivity contribution in [1.82, 2.24) is 4.90 Å². The molecule has 1 saturated heterocycles. The number of ketones is 1. The van der Waals surface area contributed by atoms with Gasteiger partial charge in [0, 0.05) is 49.9 Å². The van der Waals surface area contributed by atoms with Gasteiger partial charge in [-0.15, -0.1) is 0 Å². The number of rotatable bonds is 4. The molecular weight excluding hydrogens is 248 g/mol. The van der Waals surface area contributed by atoms with E-state index in [-0.39, 0.29) is 5.78 Å². The van der Waals surface area contributed by atoms with E-state index < -0.39 is 0 Å². The van der Waals surface area contributed by atoms with Crippen molar-refractivity contribution in [2.45, 2.75) is 13.3 Å². The summed E-state index contributed by atoms with van der Waals surface area (Å²) in [6.45, 7) is 6.57. The second-order valence-corrected chi connectivity index (χ2v) is 5.20. The van der Waals surface area contributed by atoms with E-state index in [4.69, 9.17) is 11.6 Å². The maximum Gasteiger partial charge on any atom is 0.131 e. The van der Waals surface area contributed by atoms with E-state index in [9.17, 15) is 4.79 Å². The highest BCUT2D eigenvalue weighted by atomic mass is 35.5. The molecule has 0 aliphatic carbocycles. The molecule has 0 unspecified atom stereocenters. The monoisotopic (exact) mass is 266 g/mol. The van der Waals surface area contributed by atoms with Crippen LogP contribution >= 0.6 is 11.6 Å². The predicted octanol–water partition coefficient (Wildman–Crippen LogP) is 2.44. The first-order valence-corrected chi connectivity index (χ1v) is 6.75. The average molecular weight is 267 g/mol. The van der Waals surface area contributed by atoms with Gasteiger partial charge in [-0.2, -0.15) is 0 Å². The molecule has 1 aromatic carbocycles. The number of Topliss-reactive ketones (excluding diaryl/α,β-unsaturated/α-hetero) is 1. The molecule has 1 fully saturated rings. The summed E-state index contributed by atoms with van der Waals surface area (Å²) < 4.78 is 0. The summed E-state index contributed by atoms with van der Waals surface area (Å²) in [6.07, 6.45) is 0.664. The van der Waals surface area contributed by atoms with Crippen molar-refractivity contribution >= 4 is 23.1 Å². The molecule has 0 atom stereocenters. The molecule has 0 aromatic heterocycles. The zero-order valence-electron chi connectivity index (χ0n) is 10.7. The zero-order chi connectivity index (χ0) is 13.0. The van der Waals surface area contributed by atoms with Crippen LogP contribution in [0.15, 0.2) is 24.3 Å². The summed E-state index contributed by atoms with van der Waals surface area (Å²) >= 11 is 6.00. The van der Waals surface area contributed by atoms with E-state index in [0.717, 1.165) is 37.7 Å². The Morgan fingerprint density at radius 1 is 1.28 bits per heavy atom. The first kappa shape index (κ1) is 13.4. The normalized spacial score (nSPS) is 16.9. The second-order valence-electron chi connectivity index (χ2n) is 4.76. The van der Waals surface area contributed by atoms with E-state index in [2.05, 4.69) is 15.9 Å². The van der Waals surface area contributed by atoms with Gasteiger partial charge in [0.05, 0.1) is 0 Å². The van der Waals surface area contributed by atoms with Crippen LogP contribution in [0.4, 0.5) is 5.69 Å². The van der Waals surface area contributed by atoms with E-state index in [1.165, 1.54) is 5.69 Å². The molecule has 18 heavy (non-hydrogen) atoms. The molecule has 1 aliphatic heterocycles. The lowest BCUT2D eigenvalue weighted by atomic mass is 10.2. The Labute approximate surface area is 113 Å². The molecule has 3 nitrogen and oxygen atoms in total. The van der Waals surface area contributed by atoms with Gasteiger partial charge in [0.1, 0.15) is 5.78 Å². The van der Waals surface area contributed by atoms with Crippen LogP contribution in [0.25, 0.3) is 0 Å². The topological polar surface area (TPSA) is 23.6 Å². The Bertz CT molecular complexity index is 414. The summed E-state index contributed by atoms with van der Waals surface area (Å²) in [7, 11) is 0. The quantitative estimate of drug-likeness (QED) is 0.836. The number of carbonyl (C=O) groups excluding carboxylic acids is 1. The second kappa shape index (κ2) is 6.21. The Hall–Kier alpha value is -1.06. The Morgan fingerprint density at radius 2 is 2.00 bits per heavy atom. The van der Waals surface area contributed by atoms with Crippen LogP contribution in [0.1, 0.15) is 13.3 Å².